The first-order valence-corrected chi connectivity index (χ1v) is 13.0. The molecule has 6 heteroatoms. The summed E-state index contributed by atoms with van der Waals surface area (Å²) < 4.78 is 0. The number of aliphatic hydroxyl groups excluding tert-OH is 1. The molecule has 3 saturated carbocycles. The number of fused-ring (bicyclic) bond motifs is 5. The second-order valence-electron chi connectivity index (χ2n) is 10.9. The number of ketones is 2. The predicted octanol–water partition coefficient (Wildman–Crippen LogP) is 4.06. The molecule has 1 aromatic rings. The highest BCUT2D eigenvalue weighted by Crippen LogP contribution is 2.67. The van der Waals surface area contributed by atoms with Crippen molar-refractivity contribution in [2.75, 3.05) is 5.75 Å². The summed E-state index contributed by atoms with van der Waals surface area (Å²) in [6, 6.07) is 5.73. The Hall–Kier alpha value is -1.76. The Balaban J connectivity index is 1.40. The van der Waals surface area contributed by atoms with Gasteiger partial charge in [-0.3, -0.25) is 9.59 Å². The zero-order valence-corrected chi connectivity index (χ0v) is 20.4. The van der Waals surface area contributed by atoms with Crippen LogP contribution in [0, 0.1) is 35.5 Å². The number of allylic oxidation sites excluding steroid dienone is 4. The minimum Gasteiger partial charge on any atom is -0.393 e. The lowest BCUT2D eigenvalue weighted by molar-refractivity contribution is -0.174. The number of hydrogen-bond acceptors (Lipinski definition) is 6. The third-order valence-corrected chi connectivity index (χ3v) is 10.3. The Kier molecular flexibility index (Phi) is 5.50. The van der Waals surface area contributed by atoms with Crippen LogP contribution in [0.4, 0.5) is 0 Å². The highest BCUT2D eigenvalue weighted by atomic mass is 32.2. The van der Waals surface area contributed by atoms with Crippen molar-refractivity contribution in [3.8, 4) is 0 Å². The third kappa shape index (κ3) is 3.40. The number of aryl methyl sites for hydroxylation is 1. The normalized spacial score (nSPS) is 41.7. The maximum absolute atomic E-state index is 13.4. The van der Waals surface area contributed by atoms with Gasteiger partial charge < -0.3 is 10.2 Å². The number of aromatic nitrogens is 1. The molecule has 7 atom stereocenters. The minimum absolute atomic E-state index is 0.00301. The molecule has 0 saturated heterocycles. The fourth-order valence-corrected chi connectivity index (χ4v) is 8.55. The molecule has 33 heavy (non-hydrogen) atoms. The standard InChI is InChI=1S/C27H33NO4S/c1-16-5-4-6-23(28-16)33-15-22(31)27(32)12-10-20-19-8-7-17-13-18(29)9-11-25(17,2)24(19)21(30)14-26(20,27)3/h4-6,9,11,13,19-21,24,30,32H,7-8,10,12,14-15H2,1-3H3/t19?,20?,21-,24?,25?,26?,27-/m0/s1. The van der Waals surface area contributed by atoms with E-state index in [4.69, 9.17) is 0 Å². The van der Waals surface area contributed by atoms with Gasteiger partial charge in [-0.2, -0.15) is 0 Å². The van der Waals surface area contributed by atoms with Crippen molar-refractivity contribution in [1.29, 1.82) is 0 Å². The zero-order valence-electron chi connectivity index (χ0n) is 19.6. The number of carbonyl (C=O) groups is 2. The van der Waals surface area contributed by atoms with Gasteiger partial charge in [-0.25, -0.2) is 4.98 Å². The van der Waals surface area contributed by atoms with Gasteiger partial charge in [-0.15, -0.1) is 0 Å². The Bertz CT molecular complexity index is 1070. The number of nitrogens with zero attached hydrogens (tertiary/aromatic N) is 1. The van der Waals surface area contributed by atoms with Crippen LogP contribution in [0.5, 0.6) is 0 Å². The SMILES string of the molecule is Cc1cccc(SCC(=O)[C@@]2(O)CCC3C4CCC5=CC(=O)C=CC5(C)C4[C@@H](O)CC32C)n1. The summed E-state index contributed by atoms with van der Waals surface area (Å²) in [5.74, 6) is 0.436. The third-order valence-electron chi connectivity index (χ3n) is 9.32. The number of carbonyl (C=O) groups excluding carboxylic acids is 2. The maximum Gasteiger partial charge on any atom is 0.178 e. The van der Waals surface area contributed by atoms with E-state index >= 15 is 0 Å². The molecule has 4 aliphatic rings. The van der Waals surface area contributed by atoms with Crippen LogP contribution in [0.2, 0.25) is 0 Å². The molecule has 0 radical (unpaired) electrons. The van der Waals surface area contributed by atoms with E-state index in [0.29, 0.717) is 12.8 Å². The average molecular weight is 468 g/mol. The fourth-order valence-electron chi connectivity index (χ4n) is 7.65. The van der Waals surface area contributed by atoms with Gasteiger partial charge in [0.05, 0.1) is 16.9 Å². The summed E-state index contributed by atoms with van der Waals surface area (Å²) in [5, 5.41) is 24.1. The van der Waals surface area contributed by atoms with Crippen molar-refractivity contribution in [3.05, 3.63) is 47.7 Å². The van der Waals surface area contributed by atoms with Crippen LogP contribution < -0.4 is 0 Å². The second kappa shape index (κ2) is 7.89. The number of rotatable bonds is 4. The van der Waals surface area contributed by atoms with Crippen LogP contribution in [0.15, 0.2) is 47.0 Å². The second-order valence-corrected chi connectivity index (χ2v) is 11.9. The molecule has 1 heterocycles. The number of aliphatic hydroxyl groups is 2. The Morgan fingerprint density at radius 2 is 2.06 bits per heavy atom. The van der Waals surface area contributed by atoms with Crippen molar-refractivity contribution in [1.82, 2.24) is 4.98 Å². The van der Waals surface area contributed by atoms with Crippen LogP contribution in [-0.2, 0) is 9.59 Å². The summed E-state index contributed by atoms with van der Waals surface area (Å²) in [5.41, 5.74) is -0.412. The summed E-state index contributed by atoms with van der Waals surface area (Å²) in [6.45, 7) is 6.08. The minimum atomic E-state index is -1.43. The van der Waals surface area contributed by atoms with Gasteiger partial charge in [0.1, 0.15) is 5.60 Å². The molecule has 176 valence electrons. The lowest BCUT2D eigenvalue weighted by atomic mass is 9.46. The summed E-state index contributed by atoms with van der Waals surface area (Å²) in [7, 11) is 0. The van der Waals surface area contributed by atoms with E-state index in [1.165, 1.54) is 11.8 Å². The molecule has 5 rings (SSSR count). The molecule has 3 fully saturated rings. The van der Waals surface area contributed by atoms with Crippen molar-refractivity contribution < 1.29 is 19.8 Å². The number of thioether (sulfide) groups is 1. The lowest BCUT2D eigenvalue weighted by Gasteiger charge is -2.59. The predicted molar refractivity (Wildman–Crippen MR) is 128 cm³/mol. The first-order chi connectivity index (χ1) is 15.6. The molecular weight excluding hydrogens is 434 g/mol. The lowest BCUT2D eigenvalue weighted by Crippen LogP contribution is -2.61. The molecule has 0 aliphatic heterocycles. The van der Waals surface area contributed by atoms with Gasteiger partial charge in [-0.1, -0.05) is 43.3 Å². The largest absolute Gasteiger partial charge is 0.393 e. The molecule has 0 amide bonds. The van der Waals surface area contributed by atoms with E-state index in [1.54, 1.807) is 12.2 Å². The van der Waals surface area contributed by atoms with E-state index in [0.717, 1.165) is 35.6 Å². The van der Waals surface area contributed by atoms with Crippen LogP contribution in [0.1, 0.15) is 51.6 Å². The summed E-state index contributed by atoms with van der Waals surface area (Å²) in [6.07, 6.45) is 8.09. The number of Topliss-reactive ketones (excluding diaryl/α,β-unsaturated/α-hetero) is 1. The van der Waals surface area contributed by atoms with Crippen molar-refractivity contribution >= 4 is 23.3 Å². The van der Waals surface area contributed by atoms with Crippen LogP contribution in [0.25, 0.3) is 0 Å². The van der Waals surface area contributed by atoms with Crippen LogP contribution in [0.3, 0.4) is 0 Å². The van der Waals surface area contributed by atoms with Crippen LogP contribution in [-0.4, -0.2) is 44.2 Å². The van der Waals surface area contributed by atoms with Crippen molar-refractivity contribution in [2.45, 2.75) is 69.6 Å². The molecule has 1 aromatic heterocycles. The van der Waals surface area contributed by atoms with Gasteiger partial charge in [0.15, 0.2) is 11.6 Å². The molecule has 5 unspecified atom stereocenters. The number of hydrogen-bond donors (Lipinski definition) is 2. The van der Waals surface area contributed by atoms with Gasteiger partial charge in [0.25, 0.3) is 0 Å². The van der Waals surface area contributed by atoms with Gasteiger partial charge >= 0.3 is 0 Å². The fraction of sp³-hybridized carbons (Fsp3) is 0.593. The summed E-state index contributed by atoms with van der Waals surface area (Å²) in [4.78, 5) is 29.9. The van der Waals surface area contributed by atoms with E-state index in [-0.39, 0.29) is 40.5 Å². The van der Waals surface area contributed by atoms with E-state index in [1.807, 2.05) is 38.1 Å². The van der Waals surface area contributed by atoms with Crippen LogP contribution >= 0.6 is 11.8 Å². The van der Waals surface area contributed by atoms with Gasteiger partial charge in [0, 0.05) is 22.4 Å². The van der Waals surface area contributed by atoms with E-state index in [2.05, 4.69) is 11.9 Å². The molecular formula is C27H33NO4S. The highest BCUT2D eigenvalue weighted by Gasteiger charge is 2.67. The van der Waals surface area contributed by atoms with E-state index < -0.39 is 17.1 Å². The first kappa shape index (κ1) is 23.0. The van der Waals surface area contributed by atoms with Gasteiger partial charge in [-0.05, 0) is 75.1 Å². The monoisotopic (exact) mass is 467 g/mol. The quantitative estimate of drug-likeness (QED) is 0.650. The average Bonchev–Trinajstić information content (AvgIpc) is 3.03. The number of pyridine rings is 1. The highest BCUT2D eigenvalue weighted by molar-refractivity contribution is 7.99. The van der Waals surface area contributed by atoms with Gasteiger partial charge in [0.2, 0.25) is 0 Å². The molecule has 4 aliphatic carbocycles. The Labute approximate surface area is 199 Å². The van der Waals surface area contributed by atoms with Crippen molar-refractivity contribution in [2.24, 2.45) is 28.6 Å². The molecule has 5 nitrogen and oxygen atoms in total. The Morgan fingerprint density at radius 1 is 1.27 bits per heavy atom. The zero-order chi connectivity index (χ0) is 23.6. The van der Waals surface area contributed by atoms with E-state index in [9.17, 15) is 19.8 Å². The first-order valence-electron chi connectivity index (χ1n) is 12.0. The summed E-state index contributed by atoms with van der Waals surface area (Å²) >= 11 is 1.37. The maximum atomic E-state index is 13.4. The topological polar surface area (TPSA) is 87.5 Å². The molecule has 0 aromatic carbocycles. The Morgan fingerprint density at radius 3 is 2.82 bits per heavy atom. The molecule has 0 spiro atoms. The molecule has 2 N–H and O–H groups in total. The van der Waals surface area contributed by atoms with Crippen molar-refractivity contribution in [3.63, 3.8) is 0 Å². The molecule has 0 bridgehead atoms. The smallest absolute Gasteiger partial charge is 0.178 e.